The van der Waals surface area contributed by atoms with Gasteiger partial charge in [0.1, 0.15) is 22.6 Å². The molecule has 0 aliphatic carbocycles. The Bertz CT molecular complexity index is 951. The number of hydrogen-bond donors (Lipinski definition) is 0. The van der Waals surface area contributed by atoms with Gasteiger partial charge in [-0.05, 0) is 51.0 Å². The molecule has 4 nitrogen and oxygen atoms in total. The van der Waals surface area contributed by atoms with Crippen LogP contribution in [0, 0.1) is 22.7 Å². The fraction of sp³-hybridized carbons (Fsp3) is 0.364. The number of hydrogen-bond acceptors (Lipinski definition) is 4. The van der Waals surface area contributed by atoms with Crippen LogP contribution < -0.4 is 9.47 Å². The van der Waals surface area contributed by atoms with Gasteiger partial charge in [-0.1, -0.05) is 12.1 Å². The molecule has 2 atom stereocenters. The Kier molecular flexibility index (Phi) is 7.63. The van der Waals surface area contributed by atoms with Gasteiger partial charge in [-0.2, -0.15) is 36.9 Å². The maximum absolute atomic E-state index is 13.3. The smallest absolute Gasteiger partial charge is 0.421 e. The molecule has 0 saturated heterocycles. The molecule has 2 aromatic carbocycles. The van der Waals surface area contributed by atoms with Gasteiger partial charge in [0.05, 0.1) is 35.5 Å². The van der Waals surface area contributed by atoms with Gasteiger partial charge in [0.25, 0.3) is 0 Å². The number of nitrogens with zero attached hydrogens (tertiary/aromatic N) is 2. The highest BCUT2D eigenvalue weighted by Crippen LogP contribution is 2.40. The van der Waals surface area contributed by atoms with Gasteiger partial charge >= 0.3 is 12.4 Å². The third-order valence-electron chi connectivity index (χ3n) is 4.50. The van der Waals surface area contributed by atoms with Crippen LogP contribution >= 0.6 is 0 Å². The molecule has 2 unspecified atom stereocenters. The van der Waals surface area contributed by atoms with Crippen molar-refractivity contribution in [3.8, 4) is 23.6 Å². The second kappa shape index (κ2) is 9.82. The summed E-state index contributed by atoms with van der Waals surface area (Å²) in [6.07, 6.45) is -10.8. The first-order chi connectivity index (χ1) is 14.9. The van der Waals surface area contributed by atoms with Gasteiger partial charge < -0.3 is 9.47 Å². The number of rotatable bonds is 7. The molecule has 0 fully saturated rings. The topological polar surface area (TPSA) is 66.0 Å². The summed E-state index contributed by atoms with van der Waals surface area (Å²) in [5, 5.41) is 17.9. The number of ether oxygens (including phenoxy) is 2. The molecule has 0 bridgehead atoms. The first kappa shape index (κ1) is 24.9. The highest BCUT2D eigenvalue weighted by Gasteiger charge is 2.38. The summed E-state index contributed by atoms with van der Waals surface area (Å²) in [7, 11) is 0. The van der Waals surface area contributed by atoms with Crippen LogP contribution in [-0.4, -0.2) is 12.2 Å². The van der Waals surface area contributed by atoms with Crippen LogP contribution in [0.4, 0.5) is 26.3 Å². The summed E-state index contributed by atoms with van der Waals surface area (Å²) < 4.78 is 90.8. The SMILES string of the molecule is CC(CCC(C)Oc1cccc(C#N)c1C(F)(F)F)Oc1cccc(C#N)c1C(F)(F)F. The standard InChI is InChI=1S/C22H18F6N2O2/c1-13(31-17-7-3-5-15(11-29)19(17)21(23,24)25)9-10-14(2)32-18-8-4-6-16(12-30)20(18)22(26,27)28/h3-8,13-14H,9-10H2,1-2H3. The molecule has 0 heterocycles. The van der Waals surface area contributed by atoms with E-state index >= 15 is 0 Å². The summed E-state index contributed by atoms with van der Waals surface area (Å²) in [5.74, 6) is -1.00. The van der Waals surface area contributed by atoms with E-state index in [1.165, 1.54) is 38.1 Å². The number of halogens is 6. The van der Waals surface area contributed by atoms with Crippen LogP contribution in [0.5, 0.6) is 11.5 Å². The molecule has 2 aromatic rings. The Labute approximate surface area is 180 Å². The van der Waals surface area contributed by atoms with Crippen molar-refractivity contribution < 1.29 is 35.8 Å². The van der Waals surface area contributed by atoms with Crippen LogP contribution in [0.15, 0.2) is 36.4 Å². The van der Waals surface area contributed by atoms with Crippen molar-refractivity contribution in [1.82, 2.24) is 0 Å². The molecular weight excluding hydrogens is 438 g/mol. The lowest BCUT2D eigenvalue weighted by atomic mass is 10.1. The van der Waals surface area contributed by atoms with Gasteiger partial charge in [0.15, 0.2) is 0 Å². The third-order valence-corrected chi connectivity index (χ3v) is 4.50. The van der Waals surface area contributed by atoms with E-state index < -0.39 is 58.3 Å². The lowest BCUT2D eigenvalue weighted by Crippen LogP contribution is -2.21. The van der Waals surface area contributed by atoms with Gasteiger partial charge in [0, 0.05) is 0 Å². The van der Waals surface area contributed by atoms with Crippen LogP contribution in [0.1, 0.15) is 48.9 Å². The van der Waals surface area contributed by atoms with E-state index in [1.54, 1.807) is 0 Å². The fourth-order valence-corrected chi connectivity index (χ4v) is 3.05. The zero-order chi connectivity index (χ0) is 24.1. The van der Waals surface area contributed by atoms with E-state index in [1.807, 2.05) is 0 Å². The van der Waals surface area contributed by atoms with Gasteiger partial charge in [-0.25, -0.2) is 0 Å². The van der Waals surface area contributed by atoms with E-state index in [-0.39, 0.29) is 12.8 Å². The molecule has 2 rings (SSSR count). The predicted molar refractivity (Wildman–Crippen MR) is 102 cm³/mol. The van der Waals surface area contributed by atoms with E-state index in [2.05, 4.69) is 0 Å². The van der Waals surface area contributed by atoms with E-state index in [0.717, 1.165) is 24.3 Å². The Hall–Kier alpha value is -3.40. The zero-order valence-electron chi connectivity index (χ0n) is 17.0. The minimum Gasteiger partial charge on any atom is -0.490 e. The van der Waals surface area contributed by atoms with Gasteiger partial charge in [-0.3, -0.25) is 0 Å². The second-order valence-electron chi connectivity index (χ2n) is 7.01. The maximum atomic E-state index is 13.3. The van der Waals surface area contributed by atoms with Crippen molar-refractivity contribution in [2.24, 2.45) is 0 Å². The molecule has 0 amide bonds. The molecule has 0 saturated carbocycles. The average molecular weight is 456 g/mol. The normalized spacial score (nSPS) is 13.6. The number of nitriles is 2. The Morgan fingerprint density at radius 3 is 1.34 bits per heavy atom. The molecule has 170 valence electrons. The maximum Gasteiger partial charge on any atom is 0.421 e. The van der Waals surface area contributed by atoms with Crippen molar-refractivity contribution >= 4 is 0 Å². The molecule has 32 heavy (non-hydrogen) atoms. The third kappa shape index (κ3) is 6.07. The molecule has 0 spiro atoms. The lowest BCUT2D eigenvalue weighted by Gasteiger charge is -2.22. The second-order valence-corrected chi connectivity index (χ2v) is 7.01. The average Bonchev–Trinajstić information content (AvgIpc) is 2.70. The first-order valence-electron chi connectivity index (χ1n) is 9.42. The van der Waals surface area contributed by atoms with Crippen molar-refractivity contribution in [2.45, 2.75) is 51.2 Å². The first-order valence-corrected chi connectivity index (χ1v) is 9.42. The van der Waals surface area contributed by atoms with Crippen LogP contribution in [0.3, 0.4) is 0 Å². The Morgan fingerprint density at radius 1 is 0.719 bits per heavy atom. The van der Waals surface area contributed by atoms with Crippen molar-refractivity contribution in [2.75, 3.05) is 0 Å². The summed E-state index contributed by atoms with van der Waals surface area (Å²) in [6, 6.07) is 9.77. The highest BCUT2D eigenvalue weighted by molar-refractivity contribution is 5.49. The van der Waals surface area contributed by atoms with Crippen LogP contribution in [-0.2, 0) is 12.4 Å². The van der Waals surface area contributed by atoms with E-state index in [0.29, 0.717) is 0 Å². The van der Waals surface area contributed by atoms with E-state index in [9.17, 15) is 26.3 Å². The van der Waals surface area contributed by atoms with Crippen molar-refractivity contribution in [3.63, 3.8) is 0 Å². The summed E-state index contributed by atoms with van der Waals surface area (Å²) in [6.45, 7) is 3.01. The predicted octanol–water partition coefficient (Wildman–Crippen LogP) is 6.48. The monoisotopic (exact) mass is 456 g/mol. The van der Waals surface area contributed by atoms with E-state index in [4.69, 9.17) is 20.0 Å². The van der Waals surface area contributed by atoms with Crippen LogP contribution in [0.25, 0.3) is 0 Å². The molecule has 0 aromatic heterocycles. The summed E-state index contributed by atoms with van der Waals surface area (Å²) >= 11 is 0. The lowest BCUT2D eigenvalue weighted by molar-refractivity contribution is -0.140. The Morgan fingerprint density at radius 2 is 1.06 bits per heavy atom. The summed E-state index contributed by atoms with van der Waals surface area (Å²) in [5.41, 5.74) is -3.50. The minimum atomic E-state index is -4.79. The molecule has 0 aliphatic heterocycles. The quantitative estimate of drug-likeness (QED) is 0.447. The molecule has 10 heteroatoms. The van der Waals surface area contributed by atoms with Gasteiger partial charge in [0.2, 0.25) is 0 Å². The minimum absolute atomic E-state index is 0.161. The van der Waals surface area contributed by atoms with Crippen molar-refractivity contribution in [3.05, 3.63) is 58.7 Å². The van der Waals surface area contributed by atoms with Gasteiger partial charge in [-0.15, -0.1) is 0 Å². The van der Waals surface area contributed by atoms with Crippen LogP contribution in [0.2, 0.25) is 0 Å². The molecule has 0 radical (unpaired) electrons. The Balaban J connectivity index is 2.10. The van der Waals surface area contributed by atoms with Crippen molar-refractivity contribution in [1.29, 1.82) is 10.5 Å². The molecular formula is C22H18F6N2O2. The number of alkyl halides is 6. The fourth-order valence-electron chi connectivity index (χ4n) is 3.05. The molecule has 0 aliphatic rings. The largest absolute Gasteiger partial charge is 0.490 e. The summed E-state index contributed by atoms with van der Waals surface area (Å²) in [4.78, 5) is 0. The highest BCUT2D eigenvalue weighted by atomic mass is 19.4. The zero-order valence-corrected chi connectivity index (χ0v) is 17.0. The number of benzene rings is 2. The molecule has 0 N–H and O–H groups in total.